The number of hydrogen-bond donors (Lipinski definition) is 1. The van der Waals surface area contributed by atoms with Crippen LogP contribution in [0.2, 0.25) is 0 Å². The van der Waals surface area contributed by atoms with Gasteiger partial charge < -0.3 is 10.2 Å². The molecule has 26 heavy (non-hydrogen) atoms. The van der Waals surface area contributed by atoms with Crippen LogP contribution in [0.25, 0.3) is 10.9 Å². The van der Waals surface area contributed by atoms with Gasteiger partial charge in [0, 0.05) is 49.4 Å². The van der Waals surface area contributed by atoms with Gasteiger partial charge in [-0.25, -0.2) is 4.98 Å². The number of likely N-dealkylation sites (tertiary alicyclic amines) is 1. The molecule has 1 atom stereocenters. The fourth-order valence-corrected chi connectivity index (χ4v) is 3.66. The molecule has 1 aliphatic rings. The maximum absolute atomic E-state index is 13.0. The smallest absolute Gasteiger partial charge is 0.253 e. The van der Waals surface area contributed by atoms with Crippen molar-refractivity contribution in [3.05, 3.63) is 66.0 Å². The van der Waals surface area contributed by atoms with E-state index < -0.39 is 0 Å². The topological polar surface area (TPSA) is 58.1 Å². The van der Waals surface area contributed by atoms with Crippen LogP contribution >= 0.6 is 0 Å². The molecule has 5 nitrogen and oxygen atoms in total. The molecular weight excluding hydrogens is 324 g/mol. The van der Waals surface area contributed by atoms with Crippen LogP contribution < -0.4 is 5.32 Å². The van der Waals surface area contributed by atoms with Crippen molar-refractivity contribution in [1.82, 2.24) is 14.9 Å². The van der Waals surface area contributed by atoms with Crippen LogP contribution in [0.4, 0.5) is 5.82 Å². The molecule has 1 saturated heterocycles. The average Bonchev–Trinajstić information content (AvgIpc) is 2.73. The molecule has 5 heteroatoms. The third-order valence-electron chi connectivity index (χ3n) is 5.07. The molecule has 2 aromatic heterocycles. The standard InChI is InChI=1S/C21H22N4O/c1-22-20-13-15(8-10-24-20)18-5-3-11-25(14-18)21(26)17-6-7-19-16(12-17)4-2-9-23-19/h2,4,6-10,12-13,18H,3,5,11,14H2,1H3,(H,22,24)/t18-/m1/s1. The predicted molar refractivity (Wildman–Crippen MR) is 103 cm³/mol. The first kappa shape index (κ1) is 16.5. The second kappa shape index (κ2) is 7.12. The summed E-state index contributed by atoms with van der Waals surface area (Å²) in [6.45, 7) is 1.56. The number of nitrogens with one attached hydrogen (secondary N) is 1. The summed E-state index contributed by atoms with van der Waals surface area (Å²) in [6.07, 6.45) is 5.72. The van der Waals surface area contributed by atoms with Crippen molar-refractivity contribution in [3.63, 3.8) is 0 Å². The summed E-state index contributed by atoms with van der Waals surface area (Å²) in [4.78, 5) is 23.6. The highest BCUT2D eigenvalue weighted by Gasteiger charge is 2.25. The van der Waals surface area contributed by atoms with E-state index in [1.54, 1.807) is 6.20 Å². The molecular formula is C21H22N4O. The largest absolute Gasteiger partial charge is 0.373 e. The number of anilines is 1. The van der Waals surface area contributed by atoms with Crippen molar-refractivity contribution in [2.45, 2.75) is 18.8 Å². The number of rotatable bonds is 3. The minimum atomic E-state index is 0.100. The summed E-state index contributed by atoms with van der Waals surface area (Å²) in [6, 6.07) is 13.8. The van der Waals surface area contributed by atoms with Crippen molar-refractivity contribution < 1.29 is 4.79 Å². The monoisotopic (exact) mass is 346 g/mol. The van der Waals surface area contributed by atoms with Crippen LogP contribution in [0.15, 0.2) is 54.9 Å². The molecule has 1 N–H and O–H groups in total. The van der Waals surface area contributed by atoms with Gasteiger partial charge in [0.1, 0.15) is 5.82 Å². The lowest BCUT2D eigenvalue weighted by Gasteiger charge is -2.33. The number of hydrogen-bond acceptors (Lipinski definition) is 4. The minimum absolute atomic E-state index is 0.100. The van der Waals surface area contributed by atoms with E-state index in [4.69, 9.17) is 0 Å². The molecule has 0 bridgehead atoms. The molecule has 3 heterocycles. The predicted octanol–water partition coefficient (Wildman–Crippen LogP) is 3.69. The Kier molecular flexibility index (Phi) is 4.52. The van der Waals surface area contributed by atoms with Gasteiger partial charge in [-0.2, -0.15) is 0 Å². The van der Waals surface area contributed by atoms with E-state index in [0.717, 1.165) is 48.2 Å². The zero-order valence-electron chi connectivity index (χ0n) is 14.9. The zero-order chi connectivity index (χ0) is 17.9. The number of aromatic nitrogens is 2. The van der Waals surface area contributed by atoms with Gasteiger partial charge in [-0.1, -0.05) is 6.07 Å². The number of carbonyl (C=O) groups excluding carboxylic acids is 1. The van der Waals surface area contributed by atoms with Crippen LogP contribution in [-0.2, 0) is 0 Å². The number of nitrogens with zero attached hydrogens (tertiary/aromatic N) is 3. The average molecular weight is 346 g/mol. The summed E-state index contributed by atoms with van der Waals surface area (Å²) >= 11 is 0. The number of pyridine rings is 2. The van der Waals surface area contributed by atoms with Gasteiger partial charge in [0.2, 0.25) is 0 Å². The van der Waals surface area contributed by atoms with Crippen LogP contribution in [0.5, 0.6) is 0 Å². The Bertz CT molecular complexity index is 940. The maximum Gasteiger partial charge on any atom is 0.253 e. The second-order valence-electron chi connectivity index (χ2n) is 6.73. The molecule has 1 fully saturated rings. The van der Waals surface area contributed by atoms with Crippen molar-refractivity contribution in [1.29, 1.82) is 0 Å². The third-order valence-corrected chi connectivity index (χ3v) is 5.07. The molecule has 1 aromatic carbocycles. The third kappa shape index (κ3) is 3.25. The fraction of sp³-hybridized carbons (Fsp3) is 0.286. The molecule has 0 spiro atoms. The van der Waals surface area contributed by atoms with Crippen molar-refractivity contribution in [2.75, 3.05) is 25.5 Å². The maximum atomic E-state index is 13.0. The summed E-state index contributed by atoms with van der Waals surface area (Å²) in [5.41, 5.74) is 2.89. The minimum Gasteiger partial charge on any atom is -0.373 e. The lowest BCUT2D eigenvalue weighted by atomic mass is 9.90. The molecule has 0 saturated carbocycles. The number of benzene rings is 1. The van der Waals surface area contributed by atoms with Gasteiger partial charge in [0.05, 0.1) is 5.52 Å². The Balaban J connectivity index is 1.55. The van der Waals surface area contributed by atoms with Gasteiger partial charge in [-0.15, -0.1) is 0 Å². The van der Waals surface area contributed by atoms with Gasteiger partial charge in [-0.3, -0.25) is 9.78 Å². The molecule has 0 aliphatic carbocycles. The molecule has 0 radical (unpaired) electrons. The highest BCUT2D eigenvalue weighted by Crippen LogP contribution is 2.29. The number of piperidine rings is 1. The van der Waals surface area contributed by atoms with Crippen LogP contribution in [0, 0.1) is 0 Å². The second-order valence-corrected chi connectivity index (χ2v) is 6.73. The summed E-state index contributed by atoms with van der Waals surface area (Å²) in [7, 11) is 1.87. The Morgan fingerprint density at radius 3 is 2.96 bits per heavy atom. The molecule has 1 aliphatic heterocycles. The fourth-order valence-electron chi connectivity index (χ4n) is 3.66. The van der Waals surface area contributed by atoms with Gasteiger partial charge in [0.15, 0.2) is 0 Å². The molecule has 132 valence electrons. The molecule has 3 aromatic rings. The highest BCUT2D eigenvalue weighted by atomic mass is 16.2. The SMILES string of the molecule is CNc1cc([C@@H]2CCCN(C(=O)c3ccc4ncccc4c3)C2)ccn1. The summed E-state index contributed by atoms with van der Waals surface area (Å²) < 4.78 is 0. The van der Waals surface area contributed by atoms with Gasteiger partial charge in [0.25, 0.3) is 5.91 Å². The lowest BCUT2D eigenvalue weighted by molar-refractivity contribution is 0.0707. The molecule has 0 unspecified atom stereocenters. The molecule has 4 rings (SSSR count). The lowest BCUT2D eigenvalue weighted by Crippen LogP contribution is -2.39. The first-order chi connectivity index (χ1) is 12.7. The normalized spacial score (nSPS) is 17.3. The van der Waals surface area contributed by atoms with E-state index in [-0.39, 0.29) is 5.91 Å². The number of carbonyl (C=O) groups is 1. The zero-order valence-corrected chi connectivity index (χ0v) is 14.9. The van der Waals surface area contributed by atoms with E-state index in [0.29, 0.717) is 5.92 Å². The molecule has 1 amide bonds. The Morgan fingerprint density at radius 2 is 2.08 bits per heavy atom. The van der Waals surface area contributed by atoms with Gasteiger partial charge in [-0.05, 0) is 54.8 Å². The number of fused-ring (bicyclic) bond motifs is 1. The van der Waals surface area contributed by atoms with Crippen LogP contribution in [0.3, 0.4) is 0 Å². The van der Waals surface area contributed by atoms with E-state index in [1.807, 2.05) is 48.5 Å². The van der Waals surface area contributed by atoms with Gasteiger partial charge >= 0.3 is 0 Å². The van der Waals surface area contributed by atoms with Crippen LogP contribution in [0.1, 0.15) is 34.7 Å². The van der Waals surface area contributed by atoms with E-state index in [2.05, 4.69) is 27.4 Å². The van der Waals surface area contributed by atoms with Crippen molar-refractivity contribution >= 4 is 22.6 Å². The summed E-state index contributed by atoms with van der Waals surface area (Å²) in [5, 5.41) is 4.09. The summed E-state index contributed by atoms with van der Waals surface area (Å²) in [5.74, 6) is 1.32. The van der Waals surface area contributed by atoms with Crippen molar-refractivity contribution in [3.8, 4) is 0 Å². The first-order valence-corrected chi connectivity index (χ1v) is 9.02. The first-order valence-electron chi connectivity index (χ1n) is 9.02. The Labute approximate surface area is 153 Å². The highest BCUT2D eigenvalue weighted by molar-refractivity contribution is 5.98. The quantitative estimate of drug-likeness (QED) is 0.786. The van der Waals surface area contributed by atoms with E-state index in [1.165, 1.54) is 5.56 Å². The van der Waals surface area contributed by atoms with Crippen LogP contribution in [-0.4, -0.2) is 40.9 Å². The number of amides is 1. The Morgan fingerprint density at radius 1 is 1.15 bits per heavy atom. The van der Waals surface area contributed by atoms with E-state index >= 15 is 0 Å². The van der Waals surface area contributed by atoms with E-state index in [9.17, 15) is 4.79 Å². The van der Waals surface area contributed by atoms with Crippen molar-refractivity contribution in [2.24, 2.45) is 0 Å². The Hall–Kier alpha value is -2.95.